The quantitative estimate of drug-likeness (QED) is 0.522. The number of hydrogen-bond acceptors (Lipinski definition) is 6. The third kappa shape index (κ3) is 4.57. The Labute approximate surface area is 188 Å². The predicted molar refractivity (Wildman–Crippen MR) is 119 cm³/mol. The normalized spacial score (nSPS) is 12.5. The standard InChI is InChI=1S/C20H20ClN3O5S2/c1-12-15(21)9-10-16-18(12)24(11-17(25)29-4)20(30-16)22-19(26)13-5-7-14(8-6-13)31(27,28)23(2)3/h5-10H,11H2,1-4H3. The highest BCUT2D eigenvalue weighted by Crippen LogP contribution is 2.27. The van der Waals surface area contributed by atoms with Crippen LogP contribution in [-0.2, 0) is 26.1 Å². The van der Waals surface area contributed by atoms with E-state index >= 15 is 0 Å². The molecule has 0 atom stereocenters. The van der Waals surface area contributed by atoms with Crippen molar-refractivity contribution in [1.82, 2.24) is 8.87 Å². The number of fused-ring (bicyclic) bond motifs is 1. The number of amides is 1. The van der Waals surface area contributed by atoms with Crippen LogP contribution in [0.25, 0.3) is 10.2 Å². The van der Waals surface area contributed by atoms with Crippen molar-refractivity contribution in [2.45, 2.75) is 18.4 Å². The molecule has 1 aromatic heterocycles. The van der Waals surface area contributed by atoms with Crippen LogP contribution in [0.15, 0.2) is 46.3 Å². The number of rotatable bonds is 5. The molecule has 0 unspecified atom stereocenters. The van der Waals surface area contributed by atoms with Crippen molar-refractivity contribution in [3.63, 3.8) is 0 Å². The fourth-order valence-electron chi connectivity index (χ4n) is 2.87. The van der Waals surface area contributed by atoms with E-state index in [9.17, 15) is 18.0 Å². The first kappa shape index (κ1) is 23.1. The molecule has 0 fully saturated rings. The smallest absolute Gasteiger partial charge is 0.325 e. The Bertz CT molecular complexity index is 1340. The number of aromatic nitrogens is 1. The molecule has 3 rings (SSSR count). The SMILES string of the molecule is COC(=O)Cn1c(=NC(=O)c2ccc(S(=O)(=O)N(C)C)cc2)sc2ccc(Cl)c(C)c21. The van der Waals surface area contributed by atoms with E-state index < -0.39 is 21.9 Å². The van der Waals surface area contributed by atoms with Crippen LogP contribution in [0.5, 0.6) is 0 Å². The molecule has 164 valence electrons. The highest BCUT2D eigenvalue weighted by molar-refractivity contribution is 7.89. The summed E-state index contributed by atoms with van der Waals surface area (Å²) in [6.07, 6.45) is 0. The molecule has 0 bridgehead atoms. The maximum absolute atomic E-state index is 12.8. The molecule has 0 spiro atoms. The molecule has 0 saturated heterocycles. The Balaban J connectivity index is 2.09. The summed E-state index contributed by atoms with van der Waals surface area (Å²) in [7, 11) is 0.538. The molecule has 2 aromatic carbocycles. The van der Waals surface area contributed by atoms with Gasteiger partial charge < -0.3 is 9.30 Å². The second-order valence-electron chi connectivity index (χ2n) is 6.79. The van der Waals surface area contributed by atoms with Gasteiger partial charge in [0.15, 0.2) is 4.80 Å². The van der Waals surface area contributed by atoms with Gasteiger partial charge >= 0.3 is 5.97 Å². The van der Waals surface area contributed by atoms with E-state index in [1.54, 1.807) is 16.7 Å². The average molecular weight is 482 g/mol. The molecule has 3 aromatic rings. The lowest BCUT2D eigenvalue weighted by molar-refractivity contribution is -0.141. The van der Waals surface area contributed by atoms with Gasteiger partial charge in [-0.05, 0) is 48.9 Å². The summed E-state index contributed by atoms with van der Waals surface area (Å²) in [6.45, 7) is 1.69. The Kier molecular flexibility index (Phi) is 6.65. The highest BCUT2D eigenvalue weighted by atomic mass is 35.5. The lowest BCUT2D eigenvalue weighted by atomic mass is 10.2. The number of ether oxygens (including phenoxy) is 1. The van der Waals surface area contributed by atoms with Gasteiger partial charge in [0.25, 0.3) is 5.91 Å². The Morgan fingerprint density at radius 2 is 1.81 bits per heavy atom. The molecule has 8 nitrogen and oxygen atoms in total. The number of halogens is 1. The summed E-state index contributed by atoms with van der Waals surface area (Å²) in [5.41, 5.74) is 1.67. The van der Waals surface area contributed by atoms with Gasteiger partial charge in [-0.3, -0.25) is 9.59 Å². The third-order valence-electron chi connectivity index (χ3n) is 4.62. The lowest BCUT2D eigenvalue weighted by Crippen LogP contribution is -2.23. The molecular weight excluding hydrogens is 462 g/mol. The summed E-state index contributed by atoms with van der Waals surface area (Å²) in [5, 5.41) is 0.527. The number of methoxy groups -OCH3 is 1. The van der Waals surface area contributed by atoms with Crippen molar-refractivity contribution >= 4 is 55.1 Å². The second kappa shape index (κ2) is 8.91. The summed E-state index contributed by atoms with van der Waals surface area (Å²) in [4.78, 5) is 29.3. The summed E-state index contributed by atoms with van der Waals surface area (Å²) in [5.74, 6) is -1.06. The minimum absolute atomic E-state index is 0.0712. The van der Waals surface area contributed by atoms with Crippen LogP contribution in [0, 0.1) is 6.92 Å². The maximum Gasteiger partial charge on any atom is 0.325 e. The van der Waals surface area contributed by atoms with Crippen molar-refractivity contribution < 1.29 is 22.7 Å². The summed E-state index contributed by atoms with van der Waals surface area (Å²) in [6, 6.07) is 9.07. The third-order valence-corrected chi connectivity index (χ3v) is 7.90. The zero-order valence-corrected chi connectivity index (χ0v) is 19.6. The van der Waals surface area contributed by atoms with Gasteiger partial charge in [0, 0.05) is 24.7 Å². The Morgan fingerprint density at radius 3 is 2.39 bits per heavy atom. The number of hydrogen-bond donors (Lipinski definition) is 0. The highest BCUT2D eigenvalue weighted by Gasteiger charge is 2.18. The predicted octanol–water partition coefficient (Wildman–Crippen LogP) is 2.83. The topological polar surface area (TPSA) is 98.0 Å². The number of carbonyl (C=O) groups is 2. The number of benzene rings is 2. The maximum atomic E-state index is 12.8. The number of esters is 1. The Morgan fingerprint density at radius 1 is 1.16 bits per heavy atom. The zero-order chi connectivity index (χ0) is 22.9. The number of nitrogens with zero attached hydrogens (tertiary/aromatic N) is 3. The van der Waals surface area contributed by atoms with Gasteiger partial charge in [-0.15, -0.1) is 0 Å². The van der Waals surface area contributed by atoms with Gasteiger partial charge in [0.05, 0.1) is 22.2 Å². The van der Waals surface area contributed by atoms with Crippen molar-refractivity contribution in [2.75, 3.05) is 21.2 Å². The van der Waals surface area contributed by atoms with Gasteiger partial charge in [-0.25, -0.2) is 12.7 Å². The molecule has 0 saturated carbocycles. The minimum Gasteiger partial charge on any atom is -0.468 e. The number of carbonyl (C=O) groups excluding carboxylic acids is 2. The monoisotopic (exact) mass is 481 g/mol. The Hall–Kier alpha value is -2.53. The van der Waals surface area contributed by atoms with Crippen LogP contribution < -0.4 is 4.80 Å². The first-order chi connectivity index (χ1) is 14.6. The largest absolute Gasteiger partial charge is 0.468 e. The molecule has 0 aliphatic rings. The number of thiazole rings is 1. The molecule has 1 amide bonds. The van der Waals surface area contributed by atoms with Crippen LogP contribution in [0.3, 0.4) is 0 Å². The molecule has 0 radical (unpaired) electrons. The van der Waals surface area contributed by atoms with E-state index in [0.717, 1.165) is 14.6 Å². The van der Waals surface area contributed by atoms with E-state index in [2.05, 4.69) is 4.99 Å². The molecular formula is C20H20ClN3O5S2. The van der Waals surface area contributed by atoms with Crippen molar-refractivity contribution in [2.24, 2.45) is 4.99 Å². The number of sulfonamides is 1. The van der Waals surface area contributed by atoms with E-state index in [4.69, 9.17) is 16.3 Å². The van der Waals surface area contributed by atoms with Gasteiger partial charge in [-0.1, -0.05) is 22.9 Å². The molecule has 11 heteroatoms. The van der Waals surface area contributed by atoms with Crippen LogP contribution >= 0.6 is 22.9 Å². The number of aryl methyl sites for hydroxylation is 1. The fourth-order valence-corrected chi connectivity index (χ4v) is 5.01. The zero-order valence-electron chi connectivity index (χ0n) is 17.2. The summed E-state index contributed by atoms with van der Waals surface area (Å²) >= 11 is 7.48. The molecule has 0 aliphatic heterocycles. The van der Waals surface area contributed by atoms with Gasteiger partial charge in [-0.2, -0.15) is 4.99 Å². The molecule has 0 aliphatic carbocycles. The van der Waals surface area contributed by atoms with Crippen LogP contribution in [0.2, 0.25) is 5.02 Å². The van der Waals surface area contributed by atoms with Crippen LogP contribution in [0.4, 0.5) is 0 Å². The first-order valence-electron chi connectivity index (χ1n) is 9.03. The fraction of sp³-hybridized carbons (Fsp3) is 0.250. The van der Waals surface area contributed by atoms with Crippen LogP contribution in [-0.4, -0.2) is 50.4 Å². The van der Waals surface area contributed by atoms with E-state index in [1.807, 2.05) is 6.92 Å². The van der Waals surface area contributed by atoms with Gasteiger partial charge in [0.2, 0.25) is 10.0 Å². The van der Waals surface area contributed by atoms with E-state index in [-0.39, 0.29) is 17.0 Å². The van der Waals surface area contributed by atoms with E-state index in [0.29, 0.717) is 15.3 Å². The molecule has 0 N–H and O–H groups in total. The molecule has 1 heterocycles. The average Bonchev–Trinajstić information content (AvgIpc) is 3.08. The van der Waals surface area contributed by atoms with Crippen molar-refractivity contribution in [3.8, 4) is 0 Å². The van der Waals surface area contributed by atoms with Crippen LogP contribution in [0.1, 0.15) is 15.9 Å². The second-order valence-corrected chi connectivity index (χ2v) is 10.4. The van der Waals surface area contributed by atoms with Crippen molar-refractivity contribution in [3.05, 3.63) is 57.3 Å². The first-order valence-corrected chi connectivity index (χ1v) is 11.7. The van der Waals surface area contributed by atoms with Crippen molar-refractivity contribution in [1.29, 1.82) is 0 Å². The molecule has 31 heavy (non-hydrogen) atoms. The minimum atomic E-state index is -3.60. The van der Waals surface area contributed by atoms with Gasteiger partial charge in [0.1, 0.15) is 6.54 Å². The van der Waals surface area contributed by atoms with E-state index in [1.165, 1.54) is 56.8 Å². The summed E-state index contributed by atoms with van der Waals surface area (Å²) < 4.78 is 32.7. The lowest BCUT2D eigenvalue weighted by Gasteiger charge is -2.11.